The number of aromatic amines is 1. The van der Waals surface area contributed by atoms with E-state index in [9.17, 15) is 9.18 Å². The van der Waals surface area contributed by atoms with E-state index >= 15 is 0 Å². The van der Waals surface area contributed by atoms with Crippen LogP contribution >= 0.6 is 15.9 Å². The lowest BCUT2D eigenvalue weighted by Crippen LogP contribution is -2.04. The minimum Gasteiger partial charge on any atom is -0.268 e. The van der Waals surface area contributed by atoms with Crippen LogP contribution in [-0.2, 0) is 0 Å². The molecule has 5 heteroatoms. The molecule has 0 aliphatic carbocycles. The quantitative estimate of drug-likeness (QED) is 0.834. The third-order valence-corrected chi connectivity index (χ3v) is 2.27. The molecule has 0 unspecified atom stereocenters. The summed E-state index contributed by atoms with van der Waals surface area (Å²) in [6.45, 7) is 0. The summed E-state index contributed by atoms with van der Waals surface area (Å²) in [5.74, 6) is -0.397. The Bertz CT molecular complexity index is 518. The SMILES string of the molecule is O=c1ccn(-c2ccc(Br)cc2F)[nH]1. The van der Waals surface area contributed by atoms with Crippen LogP contribution in [0.25, 0.3) is 5.69 Å². The molecule has 1 heterocycles. The Hall–Kier alpha value is -1.36. The molecule has 14 heavy (non-hydrogen) atoms. The topological polar surface area (TPSA) is 37.8 Å². The van der Waals surface area contributed by atoms with Gasteiger partial charge in [-0.15, -0.1) is 0 Å². The van der Waals surface area contributed by atoms with Crippen molar-refractivity contribution in [1.29, 1.82) is 0 Å². The van der Waals surface area contributed by atoms with Gasteiger partial charge in [-0.05, 0) is 18.2 Å². The molecule has 0 aliphatic heterocycles. The van der Waals surface area contributed by atoms with Crippen LogP contribution in [0.15, 0.2) is 39.7 Å². The number of hydrogen-bond donors (Lipinski definition) is 1. The van der Waals surface area contributed by atoms with Crippen molar-refractivity contribution in [2.45, 2.75) is 0 Å². The van der Waals surface area contributed by atoms with Crippen LogP contribution in [0.5, 0.6) is 0 Å². The molecule has 0 atom stereocenters. The van der Waals surface area contributed by atoms with E-state index in [1.807, 2.05) is 0 Å². The average Bonchev–Trinajstić information content (AvgIpc) is 2.51. The minimum atomic E-state index is -0.397. The first-order valence-electron chi connectivity index (χ1n) is 3.90. The zero-order chi connectivity index (χ0) is 10.1. The summed E-state index contributed by atoms with van der Waals surface area (Å²) < 4.78 is 15.4. The fraction of sp³-hybridized carbons (Fsp3) is 0. The molecule has 2 rings (SSSR count). The van der Waals surface area contributed by atoms with Crippen LogP contribution in [0.4, 0.5) is 4.39 Å². The van der Waals surface area contributed by atoms with E-state index in [2.05, 4.69) is 21.0 Å². The fourth-order valence-electron chi connectivity index (χ4n) is 1.15. The van der Waals surface area contributed by atoms with Crippen LogP contribution < -0.4 is 5.56 Å². The van der Waals surface area contributed by atoms with Gasteiger partial charge in [0, 0.05) is 16.7 Å². The van der Waals surface area contributed by atoms with Crippen LogP contribution in [0, 0.1) is 5.82 Å². The maximum atomic E-state index is 13.4. The van der Waals surface area contributed by atoms with Gasteiger partial charge in [0.15, 0.2) is 0 Å². The zero-order valence-electron chi connectivity index (χ0n) is 7.00. The molecule has 0 aliphatic rings. The van der Waals surface area contributed by atoms with Crippen molar-refractivity contribution in [2.75, 3.05) is 0 Å². The molecule has 0 amide bonds. The second-order valence-electron chi connectivity index (χ2n) is 2.76. The number of H-pyrrole nitrogens is 1. The minimum absolute atomic E-state index is 0.257. The third kappa shape index (κ3) is 1.63. The number of nitrogens with zero attached hydrogens (tertiary/aromatic N) is 1. The van der Waals surface area contributed by atoms with Gasteiger partial charge in [-0.25, -0.2) is 4.39 Å². The van der Waals surface area contributed by atoms with Crippen molar-refractivity contribution >= 4 is 15.9 Å². The average molecular weight is 257 g/mol. The van der Waals surface area contributed by atoms with E-state index in [0.29, 0.717) is 10.2 Å². The van der Waals surface area contributed by atoms with E-state index < -0.39 is 5.82 Å². The summed E-state index contributed by atoms with van der Waals surface area (Å²) in [6, 6.07) is 5.96. The molecule has 0 saturated heterocycles. The molecule has 1 aromatic heterocycles. The second kappa shape index (κ2) is 3.42. The van der Waals surface area contributed by atoms with Gasteiger partial charge < -0.3 is 0 Å². The van der Waals surface area contributed by atoms with Gasteiger partial charge in [0.2, 0.25) is 0 Å². The Labute approximate surface area is 87.3 Å². The first-order chi connectivity index (χ1) is 6.66. The molecular formula is C9H6BrFN2O. The van der Waals surface area contributed by atoms with Gasteiger partial charge in [-0.3, -0.25) is 14.6 Å². The molecule has 1 N–H and O–H groups in total. The Morgan fingerprint density at radius 1 is 1.36 bits per heavy atom. The molecule has 2 aromatic rings. The van der Waals surface area contributed by atoms with Crippen molar-refractivity contribution < 1.29 is 4.39 Å². The van der Waals surface area contributed by atoms with Crippen LogP contribution in [-0.4, -0.2) is 9.78 Å². The van der Waals surface area contributed by atoms with E-state index in [-0.39, 0.29) is 5.56 Å². The molecule has 72 valence electrons. The molecule has 0 radical (unpaired) electrons. The number of benzene rings is 1. The number of nitrogens with one attached hydrogen (secondary N) is 1. The highest BCUT2D eigenvalue weighted by atomic mass is 79.9. The predicted octanol–water partition coefficient (Wildman–Crippen LogP) is 2.07. The lowest BCUT2D eigenvalue weighted by Gasteiger charge is -2.03. The Balaban J connectivity index is 2.57. The number of hydrogen-bond acceptors (Lipinski definition) is 1. The zero-order valence-corrected chi connectivity index (χ0v) is 8.58. The number of rotatable bonds is 1. The summed E-state index contributed by atoms with van der Waals surface area (Å²) in [5.41, 5.74) is 0.0580. The van der Waals surface area contributed by atoms with Crippen LogP contribution in [0.3, 0.4) is 0 Å². The highest BCUT2D eigenvalue weighted by molar-refractivity contribution is 9.10. The summed E-state index contributed by atoms with van der Waals surface area (Å²) in [7, 11) is 0. The normalized spacial score (nSPS) is 10.4. The second-order valence-corrected chi connectivity index (χ2v) is 3.67. The fourth-order valence-corrected chi connectivity index (χ4v) is 1.49. The van der Waals surface area contributed by atoms with Gasteiger partial charge in [0.05, 0.1) is 5.69 Å². The predicted molar refractivity (Wildman–Crippen MR) is 54.0 cm³/mol. The van der Waals surface area contributed by atoms with Crippen LogP contribution in [0.2, 0.25) is 0 Å². The Morgan fingerprint density at radius 3 is 2.71 bits per heavy atom. The largest absolute Gasteiger partial charge is 0.268 e. The maximum Gasteiger partial charge on any atom is 0.264 e. The van der Waals surface area contributed by atoms with Gasteiger partial charge in [-0.2, -0.15) is 0 Å². The van der Waals surface area contributed by atoms with Crippen LogP contribution in [0.1, 0.15) is 0 Å². The highest BCUT2D eigenvalue weighted by Crippen LogP contribution is 2.17. The van der Waals surface area contributed by atoms with E-state index in [1.54, 1.807) is 12.1 Å². The lowest BCUT2D eigenvalue weighted by atomic mass is 10.3. The Kier molecular flexibility index (Phi) is 2.25. The first kappa shape index (κ1) is 9.21. The maximum absolute atomic E-state index is 13.4. The van der Waals surface area contributed by atoms with Crippen molar-refractivity contribution in [3.05, 3.63) is 51.1 Å². The van der Waals surface area contributed by atoms with Gasteiger partial charge in [-0.1, -0.05) is 15.9 Å². The van der Waals surface area contributed by atoms with Crippen molar-refractivity contribution in [2.24, 2.45) is 0 Å². The smallest absolute Gasteiger partial charge is 0.264 e. The van der Waals surface area contributed by atoms with Gasteiger partial charge in [0.25, 0.3) is 5.56 Å². The number of aromatic nitrogens is 2. The summed E-state index contributed by atoms with van der Waals surface area (Å²) in [5, 5.41) is 2.46. The van der Waals surface area contributed by atoms with Gasteiger partial charge >= 0.3 is 0 Å². The number of halogens is 2. The van der Waals surface area contributed by atoms with E-state index in [1.165, 1.54) is 23.0 Å². The molecule has 0 bridgehead atoms. The summed E-state index contributed by atoms with van der Waals surface area (Å²) in [4.78, 5) is 10.8. The van der Waals surface area contributed by atoms with E-state index in [0.717, 1.165) is 0 Å². The first-order valence-corrected chi connectivity index (χ1v) is 4.69. The molecular weight excluding hydrogens is 251 g/mol. The molecule has 0 fully saturated rings. The standard InChI is InChI=1S/C9H6BrFN2O/c10-6-1-2-8(7(11)5-6)13-4-3-9(14)12-13/h1-5H,(H,12,14). The molecule has 1 aromatic carbocycles. The Morgan fingerprint density at radius 2 is 2.14 bits per heavy atom. The van der Waals surface area contributed by atoms with Crippen molar-refractivity contribution in [3.8, 4) is 5.69 Å². The lowest BCUT2D eigenvalue weighted by molar-refractivity contribution is 0.609. The molecule has 0 spiro atoms. The summed E-state index contributed by atoms with van der Waals surface area (Å²) >= 11 is 3.15. The third-order valence-electron chi connectivity index (χ3n) is 1.77. The molecule has 0 saturated carbocycles. The van der Waals surface area contributed by atoms with Gasteiger partial charge in [0.1, 0.15) is 5.82 Å². The monoisotopic (exact) mass is 256 g/mol. The summed E-state index contributed by atoms with van der Waals surface area (Å²) in [6.07, 6.45) is 1.48. The highest BCUT2D eigenvalue weighted by Gasteiger charge is 2.04. The molecule has 3 nitrogen and oxygen atoms in total. The van der Waals surface area contributed by atoms with Crippen molar-refractivity contribution in [1.82, 2.24) is 9.78 Å². The van der Waals surface area contributed by atoms with E-state index in [4.69, 9.17) is 0 Å². The van der Waals surface area contributed by atoms with Crippen molar-refractivity contribution in [3.63, 3.8) is 0 Å².